The van der Waals surface area contributed by atoms with Crippen LogP contribution in [0.3, 0.4) is 0 Å². The highest BCUT2D eigenvalue weighted by molar-refractivity contribution is 4.71. The molecule has 0 rings (SSSR count). The molecule has 1 atom stereocenters. The lowest BCUT2D eigenvalue weighted by atomic mass is 9.96. The lowest BCUT2D eigenvalue weighted by molar-refractivity contribution is 0.366. The third-order valence-electron chi connectivity index (χ3n) is 2.48. The number of rotatable bonds is 6. The molecule has 0 aliphatic carbocycles. The van der Waals surface area contributed by atoms with Crippen LogP contribution in [0.15, 0.2) is 0 Å². The van der Waals surface area contributed by atoms with E-state index in [1.165, 1.54) is 32.2 Å². The molecule has 0 saturated carbocycles. The van der Waals surface area contributed by atoms with Crippen LogP contribution in [0.4, 0.5) is 0 Å². The van der Waals surface area contributed by atoms with Crippen LogP contribution in [0.1, 0.15) is 60.3 Å². The largest absolute Gasteiger partial charge is 0.312 e. The molecule has 0 aromatic heterocycles. The van der Waals surface area contributed by atoms with Gasteiger partial charge < -0.3 is 5.32 Å². The first-order valence-corrected chi connectivity index (χ1v) is 5.74. The molecule has 0 fully saturated rings. The first-order valence-electron chi connectivity index (χ1n) is 5.74. The quantitative estimate of drug-likeness (QED) is 0.667. The van der Waals surface area contributed by atoms with Gasteiger partial charge in [-0.3, -0.25) is 0 Å². The van der Waals surface area contributed by atoms with Gasteiger partial charge in [-0.25, -0.2) is 0 Å². The fourth-order valence-corrected chi connectivity index (χ4v) is 1.61. The van der Waals surface area contributed by atoms with Gasteiger partial charge in [0.15, 0.2) is 0 Å². The molecule has 0 aliphatic rings. The van der Waals surface area contributed by atoms with Crippen LogP contribution in [-0.4, -0.2) is 12.1 Å². The second kappa shape index (κ2) is 6.42. The molecule has 0 heterocycles. The van der Waals surface area contributed by atoms with Gasteiger partial charge in [-0.2, -0.15) is 0 Å². The van der Waals surface area contributed by atoms with E-state index in [1.807, 2.05) is 0 Å². The van der Waals surface area contributed by atoms with Gasteiger partial charge in [-0.05, 0) is 39.7 Å². The normalized spacial score (nSPS) is 14.5. The molecule has 1 heteroatoms. The zero-order valence-electron chi connectivity index (χ0n) is 10.1. The fraction of sp³-hybridized carbons (Fsp3) is 1.00. The summed E-state index contributed by atoms with van der Waals surface area (Å²) in [4.78, 5) is 0. The highest BCUT2D eigenvalue weighted by Gasteiger charge is 2.10. The minimum atomic E-state index is 0.282. The van der Waals surface area contributed by atoms with E-state index in [-0.39, 0.29) is 5.54 Å². The molecule has 0 spiro atoms. The van der Waals surface area contributed by atoms with E-state index in [2.05, 4.69) is 39.9 Å². The summed E-state index contributed by atoms with van der Waals surface area (Å²) in [5.74, 6) is 0.930. The first-order chi connectivity index (χ1) is 5.99. The Morgan fingerprint density at radius 2 is 1.69 bits per heavy atom. The summed E-state index contributed by atoms with van der Waals surface area (Å²) in [7, 11) is 0. The Morgan fingerprint density at radius 3 is 2.08 bits per heavy atom. The Hall–Kier alpha value is -0.0400. The number of nitrogens with one attached hydrogen (secondary N) is 1. The summed E-state index contributed by atoms with van der Waals surface area (Å²) in [5, 5.41) is 3.55. The molecular weight excluding hydrogens is 158 g/mol. The number of hydrogen-bond acceptors (Lipinski definition) is 1. The van der Waals surface area contributed by atoms with Crippen molar-refractivity contribution >= 4 is 0 Å². The molecule has 13 heavy (non-hydrogen) atoms. The minimum Gasteiger partial charge on any atom is -0.312 e. The Labute approximate surface area is 84.3 Å². The van der Waals surface area contributed by atoms with Crippen molar-refractivity contribution in [3.63, 3.8) is 0 Å². The predicted octanol–water partition coefficient (Wildman–Crippen LogP) is 3.59. The summed E-state index contributed by atoms with van der Waals surface area (Å²) in [5.41, 5.74) is 0.282. The lowest BCUT2D eigenvalue weighted by Crippen LogP contribution is -2.37. The van der Waals surface area contributed by atoms with Gasteiger partial charge in [0.25, 0.3) is 0 Å². The van der Waals surface area contributed by atoms with Crippen LogP contribution in [0.25, 0.3) is 0 Å². The molecule has 0 radical (unpaired) electrons. The van der Waals surface area contributed by atoms with Gasteiger partial charge in [0.05, 0.1) is 0 Å². The molecule has 0 aromatic carbocycles. The van der Waals surface area contributed by atoms with Crippen LogP contribution >= 0.6 is 0 Å². The van der Waals surface area contributed by atoms with Crippen molar-refractivity contribution in [2.24, 2.45) is 5.92 Å². The van der Waals surface area contributed by atoms with Crippen molar-refractivity contribution in [1.82, 2.24) is 5.32 Å². The lowest BCUT2D eigenvalue weighted by Gasteiger charge is -2.22. The van der Waals surface area contributed by atoms with E-state index in [0.717, 1.165) is 5.92 Å². The van der Waals surface area contributed by atoms with E-state index in [9.17, 15) is 0 Å². The maximum absolute atomic E-state index is 3.55. The molecule has 1 nitrogen and oxygen atoms in total. The Balaban J connectivity index is 3.49. The van der Waals surface area contributed by atoms with E-state index >= 15 is 0 Å². The fourth-order valence-electron chi connectivity index (χ4n) is 1.61. The highest BCUT2D eigenvalue weighted by Crippen LogP contribution is 2.14. The van der Waals surface area contributed by atoms with E-state index < -0.39 is 0 Å². The summed E-state index contributed by atoms with van der Waals surface area (Å²) < 4.78 is 0. The van der Waals surface area contributed by atoms with Crippen LogP contribution in [0, 0.1) is 5.92 Å². The Morgan fingerprint density at radius 1 is 1.08 bits per heavy atom. The maximum atomic E-state index is 3.55. The highest BCUT2D eigenvalue weighted by atomic mass is 14.9. The van der Waals surface area contributed by atoms with Crippen molar-refractivity contribution in [3.8, 4) is 0 Å². The molecule has 1 N–H and O–H groups in total. The van der Waals surface area contributed by atoms with Crippen LogP contribution in [0.5, 0.6) is 0 Å². The minimum absolute atomic E-state index is 0.282. The molecule has 1 unspecified atom stereocenters. The van der Waals surface area contributed by atoms with Crippen molar-refractivity contribution in [1.29, 1.82) is 0 Å². The van der Waals surface area contributed by atoms with E-state index in [1.54, 1.807) is 0 Å². The standard InChI is InChI=1S/C12H27N/c1-6-8-11(7-2)9-10-13-12(3,4)5/h11,13H,6-10H2,1-5H3. The third kappa shape index (κ3) is 8.29. The predicted molar refractivity (Wildman–Crippen MR) is 61.1 cm³/mol. The van der Waals surface area contributed by atoms with Crippen LogP contribution in [0.2, 0.25) is 0 Å². The molecule has 0 aliphatic heterocycles. The van der Waals surface area contributed by atoms with Gasteiger partial charge in [-0.15, -0.1) is 0 Å². The average Bonchev–Trinajstić information content (AvgIpc) is 2.01. The average molecular weight is 185 g/mol. The summed E-state index contributed by atoms with van der Waals surface area (Å²) in [6.45, 7) is 12.4. The summed E-state index contributed by atoms with van der Waals surface area (Å²) in [6, 6.07) is 0. The van der Waals surface area contributed by atoms with Crippen molar-refractivity contribution in [3.05, 3.63) is 0 Å². The smallest absolute Gasteiger partial charge is 0.00965 e. The SMILES string of the molecule is CCCC(CC)CCNC(C)(C)C. The molecule has 0 aromatic rings. The maximum Gasteiger partial charge on any atom is 0.00965 e. The third-order valence-corrected chi connectivity index (χ3v) is 2.48. The second-order valence-corrected chi connectivity index (χ2v) is 5.03. The van der Waals surface area contributed by atoms with Gasteiger partial charge in [-0.1, -0.05) is 33.1 Å². The van der Waals surface area contributed by atoms with Crippen molar-refractivity contribution < 1.29 is 0 Å². The van der Waals surface area contributed by atoms with Gasteiger partial charge in [0.1, 0.15) is 0 Å². The van der Waals surface area contributed by atoms with Crippen molar-refractivity contribution in [2.45, 2.75) is 65.8 Å². The first kappa shape index (κ1) is 13.0. The van der Waals surface area contributed by atoms with Gasteiger partial charge >= 0.3 is 0 Å². The summed E-state index contributed by atoms with van der Waals surface area (Å²) >= 11 is 0. The van der Waals surface area contributed by atoms with Crippen LogP contribution < -0.4 is 5.32 Å². The second-order valence-electron chi connectivity index (χ2n) is 5.03. The molecule has 0 amide bonds. The zero-order valence-corrected chi connectivity index (χ0v) is 10.1. The Bertz CT molecular complexity index is 113. The van der Waals surface area contributed by atoms with Gasteiger partial charge in [0, 0.05) is 5.54 Å². The van der Waals surface area contributed by atoms with Crippen molar-refractivity contribution in [2.75, 3.05) is 6.54 Å². The molecule has 80 valence electrons. The molecule has 0 bridgehead atoms. The molecule has 0 saturated heterocycles. The molecular formula is C12H27N. The summed E-state index contributed by atoms with van der Waals surface area (Å²) in [6.07, 6.45) is 5.39. The monoisotopic (exact) mass is 185 g/mol. The number of hydrogen-bond donors (Lipinski definition) is 1. The topological polar surface area (TPSA) is 12.0 Å². The van der Waals surface area contributed by atoms with Crippen LogP contribution in [-0.2, 0) is 0 Å². The zero-order chi connectivity index (χ0) is 10.3. The van der Waals surface area contributed by atoms with E-state index in [4.69, 9.17) is 0 Å². The van der Waals surface area contributed by atoms with Gasteiger partial charge in [0.2, 0.25) is 0 Å². The Kier molecular flexibility index (Phi) is 6.40. The van der Waals surface area contributed by atoms with E-state index in [0.29, 0.717) is 0 Å².